The maximum atomic E-state index is 6.28. The first-order valence-electron chi connectivity index (χ1n) is 10.9. The van der Waals surface area contributed by atoms with Crippen LogP contribution in [-0.2, 0) is 4.74 Å². The monoisotopic (exact) mass is 491 g/mol. The predicted octanol–water partition coefficient (Wildman–Crippen LogP) is 5.42. The van der Waals surface area contributed by atoms with E-state index in [9.17, 15) is 0 Å². The Labute approximate surface area is 200 Å². The molecule has 1 aromatic carbocycles. The summed E-state index contributed by atoms with van der Waals surface area (Å²) >= 11 is 24.4. The van der Waals surface area contributed by atoms with Gasteiger partial charge in [-0.3, -0.25) is 5.32 Å². The fraction of sp³-hybridized carbons (Fsp3) is 0.682. The summed E-state index contributed by atoms with van der Waals surface area (Å²) in [5.74, 6) is 0.313. The van der Waals surface area contributed by atoms with E-state index in [1.807, 2.05) is 6.07 Å². The number of hydrogen-bond acceptors (Lipinski definition) is 3. The normalized spacial score (nSPS) is 25.0. The summed E-state index contributed by atoms with van der Waals surface area (Å²) in [6.07, 6.45) is 8.93. The van der Waals surface area contributed by atoms with E-state index in [4.69, 9.17) is 51.8 Å². The van der Waals surface area contributed by atoms with Crippen molar-refractivity contribution >= 4 is 52.1 Å². The van der Waals surface area contributed by atoms with Crippen LogP contribution in [-0.4, -0.2) is 40.4 Å². The molecule has 1 aliphatic heterocycles. The van der Waals surface area contributed by atoms with Crippen LogP contribution in [0, 0.1) is 0 Å². The molecule has 3 unspecified atom stereocenters. The smallest absolute Gasteiger partial charge is 0.223 e. The van der Waals surface area contributed by atoms with Crippen LogP contribution in [0.1, 0.15) is 62.8 Å². The Morgan fingerprint density at radius 2 is 1.63 bits per heavy atom. The maximum Gasteiger partial charge on any atom is 0.223 e. The summed E-state index contributed by atoms with van der Waals surface area (Å²) in [4.78, 5) is 0. The first-order valence-corrected chi connectivity index (χ1v) is 12.5. The van der Waals surface area contributed by atoms with Crippen molar-refractivity contribution < 1.29 is 4.74 Å². The molecule has 2 aliphatic rings. The van der Waals surface area contributed by atoms with Gasteiger partial charge >= 0.3 is 0 Å². The van der Waals surface area contributed by atoms with Crippen LogP contribution in [0.3, 0.4) is 0 Å². The fourth-order valence-electron chi connectivity index (χ4n) is 4.32. The third kappa shape index (κ3) is 7.99. The van der Waals surface area contributed by atoms with Gasteiger partial charge in [0, 0.05) is 18.0 Å². The summed E-state index contributed by atoms with van der Waals surface area (Å²) in [5.41, 5.74) is 1.27. The van der Waals surface area contributed by atoms with Gasteiger partial charge in [0.05, 0.1) is 13.2 Å². The summed E-state index contributed by atoms with van der Waals surface area (Å²) < 4.78 is 4.30. The molecule has 1 saturated carbocycles. The van der Waals surface area contributed by atoms with Gasteiger partial charge in [0.1, 0.15) is 6.17 Å². The molecule has 168 valence electrons. The number of halogens is 3. The van der Waals surface area contributed by atoms with E-state index in [0.717, 1.165) is 19.3 Å². The van der Waals surface area contributed by atoms with Crippen LogP contribution in [0.4, 0.5) is 0 Å². The molecule has 0 radical (unpaired) electrons. The Bertz CT molecular complexity index is 651. The zero-order valence-electron chi connectivity index (χ0n) is 17.2. The molecular formula is C22H32Cl3N3OS. The summed E-state index contributed by atoms with van der Waals surface area (Å²) in [5, 5.41) is 10.6. The van der Waals surface area contributed by atoms with Gasteiger partial charge in [0.2, 0.25) is 3.79 Å². The Morgan fingerprint density at radius 3 is 2.30 bits per heavy atom. The molecule has 3 rings (SSSR count). The minimum Gasteiger partial charge on any atom is -0.379 e. The zero-order valence-corrected chi connectivity index (χ0v) is 20.3. The van der Waals surface area contributed by atoms with Crippen molar-refractivity contribution in [1.29, 1.82) is 0 Å². The molecule has 4 nitrogen and oxygen atoms in total. The first-order chi connectivity index (χ1) is 14.4. The highest BCUT2D eigenvalue weighted by Gasteiger charge is 2.36. The van der Waals surface area contributed by atoms with Crippen molar-refractivity contribution in [3.8, 4) is 0 Å². The topological polar surface area (TPSA) is 45.3 Å². The highest BCUT2D eigenvalue weighted by Crippen LogP contribution is 2.31. The molecule has 0 amide bonds. The third-order valence-corrected chi connectivity index (χ3v) is 6.81. The first kappa shape index (κ1) is 24.3. The van der Waals surface area contributed by atoms with Crippen molar-refractivity contribution in [2.24, 2.45) is 0 Å². The second kappa shape index (κ2) is 12.1. The Kier molecular flexibility index (Phi) is 9.80. The maximum absolute atomic E-state index is 6.28. The van der Waals surface area contributed by atoms with Crippen molar-refractivity contribution in [3.05, 3.63) is 35.9 Å². The van der Waals surface area contributed by atoms with Gasteiger partial charge < -0.3 is 15.4 Å². The number of ether oxygens (including phenoxy) is 1. The van der Waals surface area contributed by atoms with E-state index in [0.29, 0.717) is 30.3 Å². The Morgan fingerprint density at radius 1 is 0.967 bits per heavy atom. The second-order valence-corrected chi connectivity index (χ2v) is 11.2. The molecule has 1 aliphatic carbocycles. The number of benzene rings is 1. The van der Waals surface area contributed by atoms with Crippen molar-refractivity contribution in [2.45, 2.75) is 79.3 Å². The van der Waals surface area contributed by atoms with Crippen LogP contribution in [0.15, 0.2) is 30.3 Å². The molecule has 1 aromatic rings. The van der Waals surface area contributed by atoms with E-state index < -0.39 is 9.96 Å². The largest absolute Gasteiger partial charge is 0.379 e. The molecule has 1 heterocycles. The molecule has 2 fully saturated rings. The van der Waals surface area contributed by atoms with E-state index in [2.05, 4.69) is 40.2 Å². The van der Waals surface area contributed by atoms with E-state index >= 15 is 0 Å². The molecule has 0 bridgehead atoms. The summed E-state index contributed by atoms with van der Waals surface area (Å²) in [7, 11) is 0. The highest BCUT2D eigenvalue weighted by molar-refractivity contribution is 7.80. The van der Waals surface area contributed by atoms with Gasteiger partial charge in [-0.05, 0) is 37.0 Å². The SMILES string of the molecule is S=C(NC1CCCCCCC1)NC(NC1COCC(c2ccccc2)C1)C(Cl)(Cl)Cl. The number of nitrogens with one attached hydrogen (secondary N) is 3. The standard InChI is InChI=1S/C22H32Cl3N3OS/c23-22(24,25)20(28-21(30)27-18-11-7-2-1-3-8-12-18)26-19-13-17(14-29-15-19)16-9-5-4-6-10-16/h4-6,9-10,17-20,26H,1-3,7-8,11-15H2,(H2,27,28,30). The van der Waals surface area contributed by atoms with Crippen molar-refractivity contribution in [1.82, 2.24) is 16.0 Å². The number of alkyl halides is 3. The van der Waals surface area contributed by atoms with Crippen LogP contribution >= 0.6 is 47.0 Å². The van der Waals surface area contributed by atoms with Gasteiger partial charge in [-0.1, -0.05) is 97.2 Å². The van der Waals surface area contributed by atoms with Gasteiger partial charge in [0.15, 0.2) is 5.11 Å². The van der Waals surface area contributed by atoms with Crippen LogP contribution < -0.4 is 16.0 Å². The third-order valence-electron chi connectivity index (χ3n) is 5.92. The lowest BCUT2D eigenvalue weighted by atomic mass is 9.91. The van der Waals surface area contributed by atoms with E-state index in [1.54, 1.807) is 0 Å². The van der Waals surface area contributed by atoms with Gasteiger partial charge in [-0.25, -0.2) is 0 Å². The molecule has 0 aromatic heterocycles. The molecule has 3 N–H and O–H groups in total. The summed E-state index contributed by atoms with van der Waals surface area (Å²) in [6, 6.07) is 10.8. The molecule has 0 spiro atoms. The molecule has 30 heavy (non-hydrogen) atoms. The Hall–Kier alpha value is -0.300. The highest BCUT2D eigenvalue weighted by atomic mass is 35.6. The minimum absolute atomic E-state index is 0.0567. The second-order valence-electron chi connectivity index (χ2n) is 8.38. The molecule has 3 atom stereocenters. The molecule has 8 heteroatoms. The lowest BCUT2D eigenvalue weighted by Crippen LogP contribution is -2.60. The van der Waals surface area contributed by atoms with E-state index in [1.165, 1.54) is 37.7 Å². The van der Waals surface area contributed by atoms with Crippen LogP contribution in [0.5, 0.6) is 0 Å². The van der Waals surface area contributed by atoms with Crippen molar-refractivity contribution in [3.63, 3.8) is 0 Å². The van der Waals surface area contributed by atoms with Gasteiger partial charge in [0.25, 0.3) is 0 Å². The van der Waals surface area contributed by atoms with E-state index in [-0.39, 0.29) is 6.04 Å². The van der Waals surface area contributed by atoms with Crippen LogP contribution in [0.25, 0.3) is 0 Å². The summed E-state index contributed by atoms with van der Waals surface area (Å²) in [6.45, 7) is 1.28. The average molecular weight is 493 g/mol. The molecule has 1 saturated heterocycles. The average Bonchev–Trinajstić information content (AvgIpc) is 2.70. The zero-order chi connectivity index (χ0) is 21.4. The predicted molar refractivity (Wildman–Crippen MR) is 131 cm³/mol. The fourth-order valence-corrected chi connectivity index (χ4v) is 4.96. The minimum atomic E-state index is -1.55. The number of hydrogen-bond donors (Lipinski definition) is 3. The lowest BCUT2D eigenvalue weighted by molar-refractivity contribution is 0.0505. The molecular weight excluding hydrogens is 461 g/mol. The number of rotatable bonds is 5. The van der Waals surface area contributed by atoms with Crippen LogP contribution in [0.2, 0.25) is 0 Å². The quantitative estimate of drug-likeness (QED) is 0.291. The number of thiocarbonyl (C=S) groups is 1. The Balaban J connectivity index is 1.55. The van der Waals surface area contributed by atoms with Crippen molar-refractivity contribution in [2.75, 3.05) is 13.2 Å². The van der Waals surface area contributed by atoms with Gasteiger partial charge in [-0.2, -0.15) is 0 Å². The lowest BCUT2D eigenvalue weighted by Gasteiger charge is -2.36. The van der Waals surface area contributed by atoms with Gasteiger partial charge in [-0.15, -0.1) is 0 Å².